The quantitative estimate of drug-likeness (QED) is 0.240. The van der Waals surface area contributed by atoms with Crippen LogP contribution >= 0.6 is 11.6 Å². The van der Waals surface area contributed by atoms with Crippen LogP contribution in [0.25, 0.3) is 10.9 Å². The van der Waals surface area contributed by atoms with Crippen molar-refractivity contribution in [3.05, 3.63) is 89.1 Å². The Balaban J connectivity index is 1.38. The molecule has 0 saturated carbocycles. The number of ketones is 1. The number of aromatic amines is 1. The van der Waals surface area contributed by atoms with Gasteiger partial charge >= 0.3 is 0 Å². The SMILES string of the molecule is COc1cc2cc(C(=O)C3CNc4ccc(C(Cl)OCc5ccccc5)cc43)[nH]c2cc1OC. The standard InChI is InChI=1S/C27H25ClN2O4/c1-32-24-12-18-11-23(30-22(18)13-25(24)33-2)26(31)20-14-29-21-9-8-17(10-19(20)21)27(28)34-15-16-6-4-3-5-7-16/h3-13,20,27,29-30H,14-15H2,1-2H3. The second kappa shape index (κ2) is 9.41. The Morgan fingerprint density at radius 1 is 1.03 bits per heavy atom. The molecule has 1 aromatic heterocycles. The Kier molecular flexibility index (Phi) is 6.18. The lowest BCUT2D eigenvalue weighted by Gasteiger charge is -2.14. The summed E-state index contributed by atoms with van der Waals surface area (Å²) in [7, 11) is 3.18. The largest absolute Gasteiger partial charge is 0.493 e. The Morgan fingerprint density at radius 2 is 1.79 bits per heavy atom. The Morgan fingerprint density at radius 3 is 2.56 bits per heavy atom. The van der Waals surface area contributed by atoms with E-state index in [9.17, 15) is 4.79 Å². The van der Waals surface area contributed by atoms with Crippen LogP contribution in [-0.4, -0.2) is 31.5 Å². The predicted octanol–water partition coefficient (Wildman–Crippen LogP) is 6.03. The van der Waals surface area contributed by atoms with Crippen molar-refractivity contribution >= 4 is 34.0 Å². The molecular formula is C27H25ClN2O4. The minimum Gasteiger partial charge on any atom is -0.493 e. The van der Waals surface area contributed by atoms with Gasteiger partial charge in [-0.15, -0.1) is 0 Å². The molecule has 7 heteroatoms. The summed E-state index contributed by atoms with van der Waals surface area (Å²) in [5, 5.41) is 4.22. The molecule has 0 spiro atoms. The van der Waals surface area contributed by atoms with Gasteiger partial charge in [0, 0.05) is 29.2 Å². The van der Waals surface area contributed by atoms with E-state index in [-0.39, 0.29) is 11.7 Å². The number of aromatic nitrogens is 1. The zero-order valence-electron chi connectivity index (χ0n) is 18.9. The lowest BCUT2D eigenvalue weighted by atomic mass is 9.93. The van der Waals surface area contributed by atoms with E-state index in [0.29, 0.717) is 30.3 Å². The van der Waals surface area contributed by atoms with Crippen molar-refractivity contribution in [1.29, 1.82) is 0 Å². The fraction of sp³-hybridized carbons (Fsp3) is 0.222. The van der Waals surface area contributed by atoms with Crippen molar-refractivity contribution in [2.75, 3.05) is 26.1 Å². The number of hydrogen-bond donors (Lipinski definition) is 2. The molecule has 174 valence electrons. The van der Waals surface area contributed by atoms with Gasteiger partial charge in [-0.05, 0) is 41.0 Å². The third kappa shape index (κ3) is 4.22. The van der Waals surface area contributed by atoms with Gasteiger partial charge in [-0.25, -0.2) is 0 Å². The highest BCUT2D eigenvalue weighted by molar-refractivity contribution is 6.20. The zero-order valence-corrected chi connectivity index (χ0v) is 19.7. The summed E-state index contributed by atoms with van der Waals surface area (Å²) < 4.78 is 16.6. The number of rotatable bonds is 8. The van der Waals surface area contributed by atoms with Gasteiger partial charge in [-0.2, -0.15) is 0 Å². The second-order valence-corrected chi connectivity index (χ2v) is 8.63. The number of hydrogen-bond acceptors (Lipinski definition) is 5. The smallest absolute Gasteiger partial charge is 0.188 e. The van der Waals surface area contributed by atoms with Crippen LogP contribution in [0.3, 0.4) is 0 Å². The van der Waals surface area contributed by atoms with E-state index in [1.165, 1.54) is 0 Å². The van der Waals surface area contributed by atoms with E-state index in [2.05, 4.69) is 10.3 Å². The zero-order chi connectivity index (χ0) is 23.7. The molecule has 1 aliphatic heterocycles. The number of carbonyl (C=O) groups excluding carboxylic acids is 1. The molecule has 2 atom stereocenters. The minimum atomic E-state index is -0.616. The molecule has 3 aromatic carbocycles. The molecule has 0 radical (unpaired) electrons. The number of Topliss-reactive ketones (excluding diaryl/α,β-unsaturated/α-hetero) is 1. The number of benzene rings is 3. The third-order valence-electron chi connectivity index (χ3n) is 6.16. The number of ether oxygens (including phenoxy) is 3. The highest BCUT2D eigenvalue weighted by atomic mass is 35.5. The van der Waals surface area contributed by atoms with Crippen molar-refractivity contribution in [2.24, 2.45) is 0 Å². The van der Waals surface area contributed by atoms with Crippen LogP contribution in [0.4, 0.5) is 5.69 Å². The fourth-order valence-electron chi connectivity index (χ4n) is 4.35. The molecule has 5 rings (SSSR count). The van der Waals surface area contributed by atoms with Crippen LogP contribution in [0.2, 0.25) is 0 Å². The summed E-state index contributed by atoms with van der Waals surface area (Å²) >= 11 is 6.56. The van der Waals surface area contributed by atoms with Gasteiger partial charge in [0.1, 0.15) is 0 Å². The first-order chi connectivity index (χ1) is 16.6. The Labute approximate surface area is 202 Å². The Bertz CT molecular complexity index is 1290. The topological polar surface area (TPSA) is 72.6 Å². The first-order valence-electron chi connectivity index (χ1n) is 11.0. The monoisotopic (exact) mass is 476 g/mol. The van der Waals surface area contributed by atoms with Gasteiger partial charge in [-0.3, -0.25) is 4.79 Å². The van der Waals surface area contributed by atoms with Crippen LogP contribution in [0, 0.1) is 0 Å². The van der Waals surface area contributed by atoms with Crippen molar-refractivity contribution in [1.82, 2.24) is 4.98 Å². The maximum Gasteiger partial charge on any atom is 0.188 e. The molecule has 2 N–H and O–H groups in total. The number of methoxy groups -OCH3 is 2. The van der Waals surface area contributed by atoms with Crippen LogP contribution in [0.1, 0.15) is 38.7 Å². The first-order valence-corrected chi connectivity index (χ1v) is 11.5. The first kappa shape index (κ1) is 22.3. The van der Waals surface area contributed by atoms with Crippen molar-refractivity contribution < 1.29 is 19.0 Å². The van der Waals surface area contributed by atoms with E-state index < -0.39 is 5.56 Å². The minimum absolute atomic E-state index is 0.00820. The van der Waals surface area contributed by atoms with Gasteiger partial charge in [0.15, 0.2) is 22.8 Å². The summed E-state index contributed by atoms with van der Waals surface area (Å²) in [6.07, 6.45) is 0. The lowest BCUT2D eigenvalue weighted by Crippen LogP contribution is -2.15. The van der Waals surface area contributed by atoms with Crippen molar-refractivity contribution in [2.45, 2.75) is 18.1 Å². The molecular weight excluding hydrogens is 452 g/mol. The van der Waals surface area contributed by atoms with Crippen LogP contribution < -0.4 is 14.8 Å². The molecule has 0 fully saturated rings. The summed E-state index contributed by atoms with van der Waals surface area (Å²) in [5.41, 5.74) is 4.47. The molecule has 0 amide bonds. The van der Waals surface area contributed by atoms with E-state index in [1.54, 1.807) is 14.2 Å². The third-order valence-corrected chi connectivity index (χ3v) is 6.53. The lowest BCUT2D eigenvalue weighted by molar-refractivity contribution is 0.0938. The number of H-pyrrole nitrogens is 1. The average Bonchev–Trinajstić information content (AvgIpc) is 3.50. The van der Waals surface area contributed by atoms with Crippen molar-refractivity contribution in [3.63, 3.8) is 0 Å². The molecule has 2 unspecified atom stereocenters. The van der Waals surface area contributed by atoms with Crippen LogP contribution in [0.5, 0.6) is 11.5 Å². The van der Waals surface area contributed by atoms with Gasteiger partial charge in [0.2, 0.25) is 0 Å². The summed E-state index contributed by atoms with van der Waals surface area (Å²) in [6, 6.07) is 21.3. The molecule has 4 aromatic rings. The molecule has 6 nitrogen and oxygen atoms in total. The van der Waals surface area contributed by atoms with Crippen LogP contribution in [-0.2, 0) is 11.3 Å². The van der Waals surface area contributed by atoms with E-state index in [4.69, 9.17) is 25.8 Å². The number of anilines is 1. The molecule has 1 aliphatic rings. The van der Waals surface area contributed by atoms with E-state index in [0.717, 1.165) is 33.3 Å². The highest BCUT2D eigenvalue weighted by Crippen LogP contribution is 2.38. The highest BCUT2D eigenvalue weighted by Gasteiger charge is 2.31. The van der Waals surface area contributed by atoms with Gasteiger partial charge in [0.05, 0.1) is 32.4 Å². The van der Waals surface area contributed by atoms with Gasteiger partial charge in [0.25, 0.3) is 0 Å². The van der Waals surface area contributed by atoms with E-state index >= 15 is 0 Å². The maximum absolute atomic E-state index is 13.5. The number of nitrogens with one attached hydrogen (secondary N) is 2. The molecule has 2 heterocycles. The molecule has 34 heavy (non-hydrogen) atoms. The van der Waals surface area contributed by atoms with Gasteiger partial charge in [-0.1, -0.05) is 48.0 Å². The number of halogens is 1. The summed E-state index contributed by atoms with van der Waals surface area (Å²) in [4.78, 5) is 16.7. The van der Waals surface area contributed by atoms with Crippen molar-refractivity contribution in [3.8, 4) is 11.5 Å². The molecule has 0 bridgehead atoms. The fourth-order valence-corrected chi connectivity index (χ4v) is 4.55. The van der Waals surface area contributed by atoms with Crippen LogP contribution in [0.15, 0.2) is 66.7 Å². The summed E-state index contributed by atoms with van der Waals surface area (Å²) in [5.74, 6) is 0.907. The molecule has 0 saturated heterocycles. The maximum atomic E-state index is 13.5. The predicted molar refractivity (Wildman–Crippen MR) is 133 cm³/mol. The summed E-state index contributed by atoms with van der Waals surface area (Å²) in [6.45, 7) is 0.937. The van der Waals surface area contributed by atoms with Gasteiger partial charge < -0.3 is 24.5 Å². The van der Waals surface area contributed by atoms with E-state index in [1.807, 2.05) is 66.7 Å². The number of alkyl halides is 1. The average molecular weight is 477 g/mol. The normalized spacial score (nSPS) is 15.6. The number of fused-ring (bicyclic) bond motifs is 2. The number of carbonyl (C=O) groups is 1. The Hall–Kier alpha value is -3.48. The molecule has 0 aliphatic carbocycles. The second-order valence-electron chi connectivity index (χ2n) is 8.23.